The van der Waals surface area contributed by atoms with Gasteiger partial charge in [0, 0.05) is 6.54 Å². The van der Waals surface area contributed by atoms with E-state index in [1.807, 2.05) is 0 Å². The molecule has 0 saturated heterocycles. The molecule has 0 saturated carbocycles. The van der Waals surface area contributed by atoms with Crippen LogP contribution < -0.4 is 5.32 Å². The second kappa shape index (κ2) is 1.99. The van der Waals surface area contributed by atoms with Gasteiger partial charge in [0.25, 0.3) is 0 Å². The summed E-state index contributed by atoms with van der Waals surface area (Å²) in [6.45, 7) is 4.13. The van der Waals surface area contributed by atoms with Crippen molar-refractivity contribution in [3.8, 4) is 0 Å². The van der Waals surface area contributed by atoms with Crippen LogP contribution >= 0.6 is 0 Å². The van der Waals surface area contributed by atoms with Crippen molar-refractivity contribution >= 4 is 0 Å². The molecule has 9 heavy (non-hydrogen) atoms. The SMILES string of the molecule is [C]1NCC2=C1C=CCC2. The summed E-state index contributed by atoms with van der Waals surface area (Å²) in [6, 6.07) is 0. The van der Waals surface area contributed by atoms with Crippen molar-refractivity contribution in [2.45, 2.75) is 12.8 Å². The van der Waals surface area contributed by atoms with Gasteiger partial charge in [-0.2, -0.15) is 0 Å². The van der Waals surface area contributed by atoms with Crippen molar-refractivity contribution in [1.82, 2.24) is 5.32 Å². The van der Waals surface area contributed by atoms with E-state index >= 15 is 0 Å². The van der Waals surface area contributed by atoms with Crippen LogP contribution in [0.4, 0.5) is 0 Å². The third-order valence-electron chi connectivity index (χ3n) is 1.80. The third kappa shape index (κ3) is 0.815. The standard InChI is InChI=1S/C8H9N/c1-2-4-8-6-9-5-7(8)3-1/h1,3,9H,2,4,6H2. The minimum absolute atomic E-state index is 1.03. The molecule has 0 aromatic heterocycles. The first kappa shape index (κ1) is 5.24. The first-order valence-electron chi connectivity index (χ1n) is 3.34. The second-order valence-electron chi connectivity index (χ2n) is 2.44. The van der Waals surface area contributed by atoms with Gasteiger partial charge in [0.05, 0.1) is 6.54 Å². The lowest BCUT2D eigenvalue weighted by Crippen LogP contribution is -2.03. The van der Waals surface area contributed by atoms with Crippen LogP contribution in [-0.4, -0.2) is 6.54 Å². The van der Waals surface area contributed by atoms with E-state index in [0.29, 0.717) is 0 Å². The van der Waals surface area contributed by atoms with Gasteiger partial charge in [0.2, 0.25) is 0 Å². The number of nitrogens with one attached hydrogen (secondary N) is 1. The van der Waals surface area contributed by atoms with Gasteiger partial charge in [-0.1, -0.05) is 17.7 Å². The van der Waals surface area contributed by atoms with Gasteiger partial charge in [-0.3, -0.25) is 5.32 Å². The Hall–Kier alpha value is -0.560. The molecule has 0 aromatic carbocycles. The Morgan fingerprint density at radius 1 is 1.56 bits per heavy atom. The smallest absolute Gasteiger partial charge is 0.0936 e. The van der Waals surface area contributed by atoms with Gasteiger partial charge in [-0.15, -0.1) is 0 Å². The Morgan fingerprint density at radius 2 is 2.56 bits per heavy atom. The highest BCUT2D eigenvalue weighted by molar-refractivity contribution is 5.39. The predicted molar refractivity (Wildman–Crippen MR) is 36.6 cm³/mol. The largest absolute Gasteiger partial charge is 0.300 e. The molecule has 0 atom stereocenters. The Labute approximate surface area is 55.5 Å². The maximum absolute atomic E-state index is 3.10. The molecule has 0 aromatic rings. The van der Waals surface area contributed by atoms with E-state index in [-0.39, 0.29) is 0 Å². The summed E-state index contributed by atoms with van der Waals surface area (Å²) in [5.41, 5.74) is 2.82. The van der Waals surface area contributed by atoms with Crippen molar-refractivity contribution in [3.63, 3.8) is 0 Å². The average molecular weight is 119 g/mol. The van der Waals surface area contributed by atoms with Crippen LogP contribution in [0.5, 0.6) is 0 Å². The van der Waals surface area contributed by atoms with Gasteiger partial charge in [0.15, 0.2) is 0 Å². The minimum Gasteiger partial charge on any atom is -0.300 e. The average Bonchev–Trinajstić information content (AvgIpc) is 2.33. The number of allylic oxidation sites excluding steroid dienone is 1. The summed E-state index contributed by atoms with van der Waals surface area (Å²) in [7, 11) is 0. The number of rotatable bonds is 0. The molecule has 0 unspecified atom stereocenters. The molecule has 1 aliphatic carbocycles. The van der Waals surface area contributed by atoms with Crippen molar-refractivity contribution in [2.24, 2.45) is 0 Å². The molecule has 2 radical (unpaired) electrons. The Morgan fingerprint density at radius 3 is 3.44 bits per heavy atom. The first-order chi connectivity index (χ1) is 4.47. The quantitative estimate of drug-likeness (QED) is 0.506. The summed E-state index contributed by atoms with van der Waals surface area (Å²) in [4.78, 5) is 0. The normalized spacial score (nSPS) is 24.9. The zero-order valence-electron chi connectivity index (χ0n) is 5.28. The summed E-state index contributed by atoms with van der Waals surface area (Å²) < 4.78 is 0. The lowest BCUT2D eigenvalue weighted by Gasteiger charge is -2.04. The molecular formula is C8H9N. The fraction of sp³-hybridized carbons (Fsp3) is 0.375. The zero-order chi connectivity index (χ0) is 6.10. The molecule has 1 N–H and O–H groups in total. The number of hydrogen-bond donors (Lipinski definition) is 1. The number of hydrogen-bond acceptors (Lipinski definition) is 1. The lowest BCUT2D eigenvalue weighted by molar-refractivity contribution is 0.878. The summed E-state index contributed by atoms with van der Waals surface area (Å²) in [5.74, 6) is 0. The topological polar surface area (TPSA) is 12.0 Å². The molecule has 1 heteroatoms. The van der Waals surface area contributed by atoms with E-state index in [2.05, 4.69) is 24.0 Å². The van der Waals surface area contributed by atoms with Gasteiger partial charge >= 0.3 is 0 Å². The highest BCUT2D eigenvalue weighted by Gasteiger charge is 2.13. The second-order valence-corrected chi connectivity index (χ2v) is 2.44. The first-order valence-corrected chi connectivity index (χ1v) is 3.34. The molecule has 2 aliphatic rings. The molecule has 1 heterocycles. The molecule has 1 aliphatic heterocycles. The highest BCUT2D eigenvalue weighted by atomic mass is 14.9. The molecule has 1 nitrogen and oxygen atoms in total. The van der Waals surface area contributed by atoms with E-state index in [4.69, 9.17) is 0 Å². The predicted octanol–water partition coefficient (Wildman–Crippen LogP) is 1.27. The summed E-state index contributed by atoms with van der Waals surface area (Å²) >= 11 is 0. The van der Waals surface area contributed by atoms with E-state index < -0.39 is 0 Å². The van der Waals surface area contributed by atoms with Crippen molar-refractivity contribution < 1.29 is 0 Å². The Kier molecular flexibility index (Phi) is 1.16. The van der Waals surface area contributed by atoms with Gasteiger partial charge in [-0.25, -0.2) is 0 Å². The Bertz CT molecular complexity index is 177. The maximum atomic E-state index is 3.10. The molecular weight excluding hydrogens is 110 g/mol. The minimum atomic E-state index is 1.03. The van der Waals surface area contributed by atoms with Crippen LogP contribution in [0.1, 0.15) is 12.8 Å². The lowest BCUT2D eigenvalue weighted by atomic mass is 10.0. The zero-order valence-corrected chi connectivity index (χ0v) is 5.28. The van der Waals surface area contributed by atoms with Crippen LogP contribution in [0.2, 0.25) is 0 Å². The van der Waals surface area contributed by atoms with Crippen molar-refractivity contribution in [1.29, 1.82) is 0 Å². The monoisotopic (exact) mass is 119 g/mol. The molecule has 0 bridgehead atoms. The van der Waals surface area contributed by atoms with Crippen LogP contribution in [0.3, 0.4) is 0 Å². The van der Waals surface area contributed by atoms with E-state index in [1.54, 1.807) is 0 Å². The molecule has 0 fully saturated rings. The molecule has 2 rings (SSSR count). The Balaban J connectivity index is 2.28. The van der Waals surface area contributed by atoms with Gasteiger partial charge < -0.3 is 0 Å². The van der Waals surface area contributed by atoms with Crippen LogP contribution in [0.25, 0.3) is 0 Å². The fourth-order valence-electron chi connectivity index (χ4n) is 1.27. The van der Waals surface area contributed by atoms with Crippen LogP contribution in [0.15, 0.2) is 23.3 Å². The van der Waals surface area contributed by atoms with Crippen molar-refractivity contribution in [2.75, 3.05) is 6.54 Å². The fourth-order valence-corrected chi connectivity index (χ4v) is 1.27. The third-order valence-corrected chi connectivity index (χ3v) is 1.80. The summed E-state index contributed by atoms with van der Waals surface area (Å²) in [6.07, 6.45) is 6.80. The highest BCUT2D eigenvalue weighted by Crippen LogP contribution is 2.23. The van der Waals surface area contributed by atoms with Crippen molar-refractivity contribution in [3.05, 3.63) is 29.8 Å². The van der Waals surface area contributed by atoms with Crippen LogP contribution in [-0.2, 0) is 0 Å². The van der Waals surface area contributed by atoms with E-state index in [1.165, 1.54) is 24.0 Å². The van der Waals surface area contributed by atoms with E-state index in [0.717, 1.165) is 6.54 Å². The summed E-state index contributed by atoms with van der Waals surface area (Å²) in [5, 5.41) is 3.09. The molecule has 46 valence electrons. The maximum Gasteiger partial charge on any atom is 0.0936 e. The van der Waals surface area contributed by atoms with E-state index in [9.17, 15) is 0 Å². The molecule has 0 spiro atoms. The van der Waals surface area contributed by atoms with Gasteiger partial charge in [0.1, 0.15) is 0 Å². The van der Waals surface area contributed by atoms with Gasteiger partial charge in [-0.05, 0) is 18.4 Å². The molecule has 0 amide bonds. The van der Waals surface area contributed by atoms with Crippen LogP contribution in [0, 0.1) is 6.54 Å².